The number of hydrogen-bond donors (Lipinski definition) is 1. The molecule has 0 saturated carbocycles. The van der Waals surface area contributed by atoms with Gasteiger partial charge in [0.05, 0.1) is 27.2 Å². The Labute approximate surface area is 160 Å². The number of aromatic nitrogens is 5. The van der Waals surface area contributed by atoms with E-state index in [9.17, 15) is 4.79 Å². The van der Waals surface area contributed by atoms with E-state index < -0.39 is 0 Å². The Balaban J connectivity index is 1.75. The Bertz CT molecular complexity index is 912. The highest BCUT2D eigenvalue weighted by atomic mass is 32.2. The standard InChI is InChI=1S/C17H22N6OS2/c1-6-23-15(13-8-7-9-25-13)19-20-17(23)26-12(4)16(24)18-14-10(2)21-22(5)11(14)3/h7-9,12H,6H2,1-5H3,(H,18,24)/t12-/m1/s1. The summed E-state index contributed by atoms with van der Waals surface area (Å²) < 4.78 is 3.81. The second-order valence-corrected chi connectivity index (χ2v) is 8.20. The molecule has 0 aliphatic carbocycles. The van der Waals surface area contributed by atoms with E-state index in [0.29, 0.717) is 0 Å². The SMILES string of the molecule is CCn1c(S[C@H](C)C(=O)Nc2c(C)nn(C)c2C)nnc1-c1cccs1. The van der Waals surface area contributed by atoms with E-state index in [2.05, 4.69) is 27.5 Å². The molecule has 0 aliphatic heterocycles. The number of carbonyl (C=O) groups excluding carboxylic acids is 1. The lowest BCUT2D eigenvalue weighted by Gasteiger charge is -2.13. The molecule has 0 unspecified atom stereocenters. The maximum Gasteiger partial charge on any atom is 0.237 e. The topological polar surface area (TPSA) is 77.6 Å². The third-order valence-corrected chi connectivity index (χ3v) is 6.13. The molecule has 138 valence electrons. The smallest absolute Gasteiger partial charge is 0.237 e. The normalized spacial score (nSPS) is 12.3. The lowest BCUT2D eigenvalue weighted by atomic mass is 10.3. The third kappa shape index (κ3) is 3.54. The summed E-state index contributed by atoms with van der Waals surface area (Å²) >= 11 is 3.04. The molecule has 9 heteroatoms. The van der Waals surface area contributed by atoms with Gasteiger partial charge in [0.25, 0.3) is 0 Å². The number of thiophene rings is 1. The van der Waals surface area contributed by atoms with Crippen molar-refractivity contribution in [2.24, 2.45) is 7.05 Å². The minimum Gasteiger partial charge on any atom is -0.322 e. The number of nitrogens with zero attached hydrogens (tertiary/aromatic N) is 5. The van der Waals surface area contributed by atoms with Crippen LogP contribution in [-0.4, -0.2) is 35.7 Å². The molecular weight excluding hydrogens is 368 g/mol. The molecule has 26 heavy (non-hydrogen) atoms. The molecular formula is C17H22N6OS2. The van der Waals surface area contributed by atoms with Gasteiger partial charge in [-0.25, -0.2) is 0 Å². The van der Waals surface area contributed by atoms with E-state index in [0.717, 1.165) is 39.5 Å². The van der Waals surface area contributed by atoms with E-state index in [-0.39, 0.29) is 11.2 Å². The van der Waals surface area contributed by atoms with Gasteiger partial charge in [0, 0.05) is 13.6 Å². The highest BCUT2D eigenvalue weighted by Gasteiger charge is 2.22. The monoisotopic (exact) mass is 390 g/mol. The van der Waals surface area contributed by atoms with Crippen LogP contribution in [0.5, 0.6) is 0 Å². The van der Waals surface area contributed by atoms with Crippen LogP contribution >= 0.6 is 23.1 Å². The molecule has 0 aliphatic rings. The summed E-state index contributed by atoms with van der Waals surface area (Å²) in [7, 11) is 1.87. The summed E-state index contributed by atoms with van der Waals surface area (Å²) in [5, 5.41) is 18.4. The maximum atomic E-state index is 12.6. The Hall–Kier alpha value is -2.13. The van der Waals surface area contributed by atoms with Crippen molar-refractivity contribution in [2.45, 2.75) is 44.6 Å². The molecule has 0 spiro atoms. The van der Waals surface area contributed by atoms with Crippen molar-refractivity contribution in [1.29, 1.82) is 0 Å². The Morgan fingerprint density at radius 2 is 2.15 bits per heavy atom. The number of hydrogen-bond acceptors (Lipinski definition) is 6. The van der Waals surface area contributed by atoms with Crippen LogP contribution in [0.3, 0.4) is 0 Å². The summed E-state index contributed by atoms with van der Waals surface area (Å²) in [4.78, 5) is 13.7. The zero-order valence-corrected chi connectivity index (χ0v) is 17.1. The molecule has 3 aromatic heterocycles. The van der Waals surface area contributed by atoms with E-state index in [1.165, 1.54) is 11.8 Å². The largest absolute Gasteiger partial charge is 0.322 e. The number of aryl methyl sites for hydroxylation is 2. The van der Waals surface area contributed by atoms with Crippen LogP contribution in [0, 0.1) is 13.8 Å². The summed E-state index contributed by atoms with van der Waals surface area (Å²) in [6.45, 7) is 8.51. The van der Waals surface area contributed by atoms with Gasteiger partial charge in [0.2, 0.25) is 5.91 Å². The highest BCUT2D eigenvalue weighted by Crippen LogP contribution is 2.29. The van der Waals surface area contributed by atoms with Crippen LogP contribution in [-0.2, 0) is 18.4 Å². The first kappa shape index (κ1) is 18.7. The van der Waals surface area contributed by atoms with Gasteiger partial charge in [-0.3, -0.25) is 9.48 Å². The van der Waals surface area contributed by atoms with Crippen LogP contribution in [0.1, 0.15) is 25.2 Å². The lowest BCUT2D eigenvalue weighted by Crippen LogP contribution is -2.23. The van der Waals surface area contributed by atoms with Crippen molar-refractivity contribution >= 4 is 34.7 Å². The number of rotatable bonds is 6. The fourth-order valence-corrected chi connectivity index (χ4v) is 4.27. The van der Waals surface area contributed by atoms with Crippen LogP contribution in [0.15, 0.2) is 22.7 Å². The van der Waals surface area contributed by atoms with Crippen molar-refractivity contribution in [3.63, 3.8) is 0 Å². The first-order valence-electron chi connectivity index (χ1n) is 8.37. The molecule has 1 amide bonds. The van der Waals surface area contributed by atoms with E-state index in [1.807, 2.05) is 49.9 Å². The van der Waals surface area contributed by atoms with Gasteiger partial charge < -0.3 is 9.88 Å². The molecule has 3 heterocycles. The Morgan fingerprint density at radius 3 is 2.73 bits per heavy atom. The molecule has 3 rings (SSSR count). The van der Waals surface area contributed by atoms with Crippen LogP contribution in [0.25, 0.3) is 10.7 Å². The summed E-state index contributed by atoms with van der Waals surface area (Å²) in [5.41, 5.74) is 2.53. The average Bonchev–Trinajstić information content (AvgIpc) is 3.31. The third-order valence-electron chi connectivity index (χ3n) is 4.18. The summed E-state index contributed by atoms with van der Waals surface area (Å²) in [6, 6.07) is 4.02. The van der Waals surface area contributed by atoms with Crippen molar-refractivity contribution < 1.29 is 4.79 Å². The zero-order valence-electron chi connectivity index (χ0n) is 15.5. The second kappa shape index (κ2) is 7.63. The average molecular weight is 391 g/mol. The summed E-state index contributed by atoms with van der Waals surface area (Å²) in [5.74, 6) is 0.772. The zero-order chi connectivity index (χ0) is 18.8. The fraction of sp³-hybridized carbons (Fsp3) is 0.412. The van der Waals surface area contributed by atoms with Crippen molar-refractivity contribution in [2.75, 3.05) is 5.32 Å². The minimum atomic E-state index is -0.306. The maximum absolute atomic E-state index is 12.6. The van der Waals surface area contributed by atoms with Gasteiger partial charge in [-0.1, -0.05) is 17.8 Å². The van der Waals surface area contributed by atoms with Crippen molar-refractivity contribution in [3.8, 4) is 10.7 Å². The van der Waals surface area contributed by atoms with Gasteiger partial charge in [-0.2, -0.15) is 5.10 Å². The van der Waals surface area contributed by atoms with E-state index in [4.69, 9.17) is 0 Å². The molecule has 0 radical (unpaired) electrons. The molecule has 0 bridgehead atoms. The molecule has 0 fully saturated rings. The number of carbonyl (C=O) groups is 1. The van der Waals surface area contributed by atoms with Crippen LogP contribution < -0.4 is 5.32 Å². The molecule has 0 saturated heterocycles. The quantitative estimate of drug-likeness (QED) is 0.652. The first-order chi connectivity index (χ1) is 12.4. The predicted octanol–water partition coefficient (Wildman–Crippen LogP) is 3.50. The van der Waals surface area contributed by atoms with Crippen molar-refractivity contribution in [1.82, 2.24) is 24.5 Å². The minimum absolute atomic E-state index is 0.0717. The Morgan fingerprint density at radius 1 is 1.38 bits per heavy atom. The first-order valence-corrected chi connectivity index (χ1v) is 10.1. The van der Waals surface area contributed by atoms with Crippen LogP contribution in [0.4, 0.5) is 5.69 Å². The van der Waals surface area contributed by atoms with Gasteiger partial charge in [0.15, 0.2) is 11.0 Å². The predicted molar refractivity (Wildman–Crippen MR) is 106 cm³/mol. The Kier molecular flexibility index (Phi) is 5.47. The number of nitrogens with one attached hydrogen (secondary N) is 1. The van der Waals surface area contributed by atoms with Crippen molar-refractivity contribution in [3.05, 3.63) is 28.9 Å². The molecule has 1 N–H and O–H groups in total. The van der Waals surface area contributed by atoms with Gasteiger partial charge in [-0.15, -0.1) is 21.5 Å². The molecule has 0 aromatic carbocycles. The van der Waals surface area contributed by atoms with E-state index in [1.54, 1.807) is 16.0 Å². The number of thioether (sulfide) groups is 1. The molecule has 7 nitrogen and oxygen atoms in total. The lowest BCUT2D eigenvalue weighted by molar-refractivity contribution is -0.115. The molecule has 1 atom stereocenters. The fourth-order valence-electron chi connectivity index (χ4n) is 2.64. The van der Waals surface area contributed by atoms with E-state index >= 15 is 0 Å². The number of anilines is 1. The number of amides is 1. The van der Waals surface area contributed by atoms with Crippen LogP contribution in [0.2, 0.25) is 0 Å². The second-order valence-electron chi connectivity index (χ2n) is 5.95. The van der Waals surface area contributed by atoms with Gasteiger partial charge in [-0.05, 0) is 39.1 Å². The summed E-state index contributed by atoms with van der Waals surface area (Å²) in [6.07, 6.45) is 0. The molecule has 3 aromatic rings. The highest BCUT2D eigenvalue weighted by molar-refractivity contribution is 8.00. The van der Waals surface area contributed by atoms with Gasteiger partial charge >= 0.3 is 0 Å². The van der Waals surface area contributed by atoms with Gasteiger partial charge in [0.1, 0.15) is 0 Å².